The number of nitrogens with zero attached hydrogens (tertiary/aromatic N) is 3. The lowest BCUT2D eigenvalue weighted by Crippen LogP contribution is -2.10. The number of halogens is 1. The SMILES string of the molecule is CC(C)(C)c1ccc(-c2noc(-c3ccc(Cl)nc3)n2)cc1. The van der Waals surface area contributed by atoms with Gasteiger partial charge in [-0.05, 0) is 23.1 Å². The van der Waals surface area contributed by atoms with Crippen LogP contribution in [0.2, 0.25) is 5.15 Å². The Balaban J connectivity index is 1.89. The van der Waals surface area contributed by atoms with Crippen molar-refractivity contribution in [3.8, 4) is 22.8 Å². The van der Waals surface area contributed by atoms with E-state index >= 15 is 0 Å². The molecule has 3 rings (SSSR count). The van der Waals surface area contributed by atoms with Crippen LogP contribution in [-0.4, -0.2) is 15.1 Å². The molecule has 0 fully saturated rings. The third-order valence-electron chi connectivity index (χ3n) is 3.41. The number of benzene rings is 1. The molecule has 2 aromatic heterocycles. The van der Waals surface area contributed by atoms with Gasteiger partial charge in [0.1, 0.15) is 5.15 Å². The van der Waals surface area contributed by atoms with Crippen molar-refractivity contribution < 1.29 is 4.52 Å². The average molecular weight is 314 g/mol. The van der Waals surface area contributed by atoms with E-state index in [1.165, 1.54) is 5.56 Å². The molecule has 0 aliphatic heterocycles. The summed E-state index contributed by atoms with van der Waals surface area (Å²) in [4.78, 5) is 8.43. The molecule has 0 aliphatic rings. The maximum absolute atomic E-state index is 5.77. The maximum Gasteiger partial charge on any atom is 0.259 e. The minimum atomic E-state index is 0.121. The van der Waals surface area contributed by atoms with Gasteiger partial charge in [0.15, 0.2) is 0 Å². The van der Waals surface area contributed by atoms with Gasteiger partial charge in [-0.3, -0.25) is 0 Å². The van der Waals surface area contributed by atoms with Crippen molar-refractivity contribution in [3.63, 3.8) is 0 Å². The van der Waals surface area contributed by atoms with Gasteiger partial charge in [0.05, 0.1) is 5.56 Å². The topological polar surface area (TPSA) is 51.8 Å². The van der Waals surface area contributed by atoms with Crippen molar-refractivity contribution in [2.75, 3.05) is 0 Å². The molecule has 0 bridgehead atoms. The highest BCUT2D eigenvalue weighted by Gasteiger charge is 2.15. The van der Waals surface area contributed by atoms with E-state index in [9.17, 15) is 0 Å². The zero-order valence-electron chi connectivity index (χ0n) is 12.7. The van der Waals surface area contributed by atoms with Gasteiger partial charge < -0.3 is 4.52 Å². The number of hydrogen-bond donors (Lipinski definition) is 0. The molecule has 0 N–H and O–H groups in total. The minimum Gasteiger partial charge on any atom is -0.334 e. The van der Waals surface area contributed by atoms with Crippen molar-refractivity contribution in [1.82, 2.24) is 15.1 Å². The standard InChI is InChI=1S/C17H16ClN3O/c1-17(2,3)13-7-4-11(5-8-13)15-20-16(22-21-15)12-6-9-14(18)19-10-12/h4-10H,1-3H3. The van der Waals surface area contributed by atoms with E-state index < -0.39 is 0 Å². The molecule has 0 amide bonds. The monoisotopic (exact) mass is 313 g/mol. The molecule has 22 heavy (non-hydrogen) atoms. The van der Waals surface area contributed by atoms with Crippen LogP contribution in [0.4, 0.5) is 0 Å². The lowest BCUT2D eigenvalue weighted by molar-refractivity contribution is 0.432. The molecule has 4 nitrogen and oxygen atoms in total. The highest BCUT2D eigenvalue weighted by molar-refractivity contribution is 6.29. The van der Waals surface area contributed by atoms with Crippen molar-refractivity contribution in [1.29, 1.82) is 0 Å². The molecule has 3 aromatic rings. The second-order valence-corrected chi connectivity index (χ2v) is 6.51. The molecule has 0 saturated carbocycles. The molecule has 0 saturated heterocycles. The Morgan fingerprint density at radius 2 is 1.64 bits per heavy atom. The maximum atomic E-state index is 5.77. The fourth-order valence-corrected chi connectivity index (χ4v) is 2.19. The van der Waals surface area contributed by atoms with Crippen LogP contribution >= 0.6 is 11.6 Å². The van der Waals surface area contributed by atoms with Gasteiger partial charge in [0.2, 0.25) is 5.82 Å². The van der Waals surface area contributed by atoms with Crippen LogP contribution in [0.5, 0.6) is 0 Å². The van der Waals surface area contributed by atoms with E-state index in [0.29, 0.717) is 16.9 Å². The highest BCUT2D eigenvalue weighted by atomic mass is 35.5. The van der Waals surface area contributed by atoms with Crippen LogP contribution in [0, 0.1) is 0 Å². The molecule has 1 aromatic carbocycles. The van der Waals surface area contributed by atoms with Gasteiger partial charge in [0, 0.05) is 11.8 Å². The summed E-state index contributed by atoms with van der Waals surface area (Å²) in [5, 5.41) is 4.46. The minimum absolute atomic E-state index is 0.121. The first-order valence-corrected chi connectivity index (χ1v) is 7.38. The van der Waals surface area contributed by atoms with E-state index in [1.54, 1.807) is 18.3 Å². The van der Waals surface area contributed by atoms with Crippen molar-refractivity contribution >= 4 is 11.6 Å². The Morgan fingerprint density at radius 3 is 2.23 bits per heavy atom. The van der Waals surface area contributed by atoms with Crippen molar-refractivity contribution in [2.24, 2.45) is 0 Å². The first kappa shape index (κ1) is 14.7. The normalized spacial score (nSPS) is 11.6. The molecule has 0 aliphatic carbocycles. The summed E-state index contributed by atoms with van der Waals surface area (Å²) in [6.07, 6.45) is 1.61. The number of rotatable bonds is 2. The molecule has 112 valence electrons. The number of aromatic nitrogens is 3. The predicted octanol–water partition coefficient (Wildman–Crippen LogP) is 4.75. The molecule has 5 heteroatoms. The summed E-state index contributed by atoms with van der Waals surface area (Å²) in [5.74, 6) is 0.990. The predicted molar refractivity (Wildman–Crippen MR) is 86.7 cm³/mol. The zero-order valence-corrected chi connectivity index (χ0v) is 13.4. The lowest BCUT2D eigenvalue weighted by atomic mass is 9.87. The Bertz CT molecular complexity index is 771. The number of hydrogen-bond acceptors (Lipinski definition) is 4. The van der Waals surface area contributed by atoms with Crippen LogP contribution < -0.4 is 0 Å². The van der Waals surface area contributed by atoms with Crippen LogP contribution in [0.15, 0.2) is 47.1 Å². The molecular weight excluding hydrogens is 298 g/mol. The quantitative estimate of drug-likeness (QED) is 0.641. The summed E-state index contributed by atoms with van der Waals surface area (Å²) < 4.78 is 5.30. The molecule has 0 spiro atoms. The Kier molecular flexibility index (Phi) is 3.71. The smallest absolute Gasteiger partial charge is 0.259 e. The molecule has 0 unspecified atom stereocenters. The second kappa shape index (κ2) is 5.54. The van der Waals surface area contributed by atoms with E-state index in [1.807, 2.05) is 12.1 Å². The average Bonchev–Trinajstić information content (AvgIpc) is 2.97. The molecule has 2 heterocycles. The summed E-state index contributed by atoms with van der Waals surface area (Å²) in [5.41, 5.74) is 3.05. The van der Waals surface area contributed by atoms with Crippen molar-refractivity contribution in [2.45, 2.75) is 26.2 Å². The zero-order chi connectivity index (χ0) is 15.7. The van der Waals surface area contributed by atoms with E-state index in [4.69, 9.17) is 16.1 Å². The third-order valence-corrected chi connectivity index (χ3v) is 3.63. The fourth-order valence-electron chi connectivity index (χ4n) is 2.08. The first-order valence-electron chi connectivity index (χ1n) is 7.00. The Morgan fingerprint density at radius 1 is 0.955 bits per heavy atom. The van der Waals surface area contributed by atoms with Gasteiger partial charge in [0.25, 0.3) is 5.89 Å². The third kappa shape index (κ3) is 3.02. The van der Waals surface area contributed by atoms with Gasteiger partial charge in [-0.25, -0.2) is 4.98 Å². The van der Waals surface area contributed by atoms with Crippen molar-refractivity contribution in [3.05, 3.63) is 53.3 Å². The van der Waals surface area contributed by atoms with Crippen LogP contribution in [-0.2, 0) is 5.41 Å². The Hall–Kier alpha value is -2.20. The van der Waals surface area contributed by atoms with Gasteiger partial charge in [-0.2, -0.15) is 4.98 Å². The van der Waals surface area contributed by atoms with E-state index in [2.05, 4.69) is 48.0 Å². The van der Waals surface area contributed by atoms with Gasteiger partial charge >= 0.3 is 0 Å². The van der Waals surface area contributed by atoms with E-state index in [0.717, 1.165) is 11.1 Å². The second-order valence-electron chi connectivity index (χ2n) is 6.12. The largest absolute Gasteiger partial charge is 0.334 e. The highest BCUT2D eigenvalue weighted by Crippen LogP contribution is 2.26. The van der Waals surface area contributed by atoms with Gasteiger partial charge in [-0.15, -0.1) is 0 Å². The lowest BCUT2D eigenvalue weighted by Gasteiger charge is -2.18. The summed E-state index contributed by atoms with van der Waals surface area (Å²) in [7, 11) is 0. The van der Waals surface area contributed by atoms with E-state index in [-0.39, 0.29) is 5.41 Å². The fraction of sp³-hybridized carbons (Fsp3) is 0.235. The van der Waals surface area contributed by atoms with Crippen LogP contribution in [0.1, 0.15) is 26.3 Å². The molecular formula is C17H16ClN3O. The summed E-state index contributed by atoms with van der Waals surface area (Å²) >= 11 is 5.77. The van der Waals surface area contributed by atoms with Gasteiger partial charge in [-0.1, -0.05) is 61.8 Å². The first-order chi connectivity index (χ1) is 10.4. The summed E-state index contributed by atoms with van der Waals surface area (Å²) in [6.45, 7) is 6.55. The summed E-state index contributed by atoms with van der Waals surface area (Å²) in [6, 6.07) is 11.7. The molecule has 0 radical (unpaired) electrons. The Labute approximate surface area is 134 Å². The number of pyridine rings is 1. The van der Waals surface area contributed by atoms with Crippen LogP contribution in [0.25, 0.3) is 22.8 Å². The molecule has 0 atom stereocenters. The van der Waals surface area contributed by atoms with Crippen LogP contribution in [0.3, 0.4) is 0 Å².